The molecule has 0 saturated heterocycles. The van der Waals surface area contributed by atoms with Gasteiger partial charge in [-0.05, 0) is 19.1 Å². The molecule has 0 radical (unpaired) electrons. The van der Waals surface area contributed by atoms with E-state index in [0.717, 1.165) is 16.9 Å². The zero-order valence-corrected chi connectivity index (χ0v) is 15.9. The Labute approximate surface area is 162 Å². The Balaban J connectivity index is 1.91. The van der Waals surface area contributed by atoms with Gasteiger partial charge in [0.05, 0.1) is 17.6 Å². The second kappa shape index (κ2) is 8.55. The summed E-state index contributed by atoms with van der Waals surface area (Å²) in [4.78, 5) is 27.7. The molecule has 3 aromatic rings. The minimum Gasteiger partial charge on any atom is -0.341 e. The van der Waals surface area contributed by atoms with E-state index in [1.165, 1.54) is 24.4 Å². The normalized spacial score (nSPS) is 10.4. The molecule has 3 amide bonds. The molecule has 2 N–H and O–H groups in total. The largest absolute Gasteiger partial charge is 0.341 e. The first kappa shape index (κ1) is 18.7. The van der Waals surface area contributed by atoms with Gasteiger partial charge in [-0.25, -0.2) is 9.78 Å². The lowest BCUT2D eigenvalue weighted by Crippen LogP contribution is -2.38. The fourth-order valence-electron chi connectivity index (χ4n) is 2.55. The topological polar surface area (TPSA) is 76.0 Å². The number of imidazole rings is 1. The molecule has 0 aliphatic heterocycles. The number of urea groups is 1. The SMILES string of the molecule is CNC(=O)NC(=O)CSc1ncc(-c2ccc(C)cc2)n1-c1ccccc1. The van der Waals surface area contributed by atoms with Crippen LogP contribution in [0.4, 0.5) is 4.79 Å². The summed E-state index contributed by atoms with van der Waals surface area (Å²) in [5.74, 6) is -0.288. The number of nitrogens with zero attached hydrogens (tertiary/aromatic N) is 2. The Morgan fingerprint density at radius 1 is 1.07 bits per heavy atom. The minimum absolute atomic E-state index is 0.0879. The molecule has 0 atom stereocenters. The van der Waals surface area contributed by atoms with Gasteiger partial charge in [-0.15, -0.1) is 0 Å². The van der Waals surface area contributed by atoms with Crippen LogP contribution in [-0.2, 0) is 4.79 Å². The van der Waals surface area contributed by atoms with Crippen molar-refractivity contribution in [2.24, 2.45) is 0 Å². The number of thioether (sulfide) groups is 1. The molecule has 1 heterocycles. The maximum Gasteiger partial charge on any atom is 0.321 e. The molecule has 2 aromatic carbocycles. The highest BCUT2D eigenvalue weighted by Gasteiger charge is 2.16. The number of aromatic nitrogens is 2. The van der Waals surface area contributed by atoms with E-state index in [2.05, 4.69) is 39.9 Å². The number of carbonyl (C=O) groups excluding carboxylic acids is 2. The number of aryl methyl sites for hydroxylation is 1. The van der Waals surface area contributed by atoms with Crippen LogP contribution in [0.2, 0.25) is 0 Å². The van der Waals surface area contributed by atoms with Gasteiger partial charge in [0.25, 0.3) is 0 Å². The summed E-state index contributed by atoms with van der Waals surface area (Å²) >= 11 is 1.28. The quantitative estimate of drug-likeness (QED) is 0.665. The highest BCUT2D eigenvalue weighted by Crippen LogP contribution is 2.29. The van der Waals surface area contributed by atoms with Gasteiger partial charge in [-0.1, -0.05) is 59.8 Å². The molecule has 3 rings (SSSR count). The molecule has 138 valence electrons. The highest BCUT2D eigenvalue weighted by atomic mass is 32.2. The summed E-state index contributed by atoms with van der Waals surface area (Å²) in [6.45, 7) is 2.05. The van der Waals surface area contributed by atoms with Gasteiger partial charge in [0.1, 0.15) is 0 Å². The summed E-state index contributed by atoms with van der Waals surface area (Å²) in [6.07, 6.45) is 1.80. The van der Waals surface area contributed by atoms with Crippen molar-refractivity contribution in [1.29, 1.82) is 0 Å². The van der Waals surface area contributed by atoms with Crippen LogP contribution >= 0.6 is 11.8 Å². The lowest BCUT2D eigenvalue weighted by molar-refractivity contribution is -0.117. The second-order valence-corrected chi connectivity index (χ2v) is 6.82. The molecule has 0 unspecified atom stereocenters. The van der Waals surface area contributed by atoms with Crippen LogP contribution in [0.5, 0.6) is 0 Å². The Morgan fingerprint density at radius 2 is 1.78 bits per heavy atom. The van der Waals surface area contributed by atoms with Crippen molar-refractivity contribution in [3.8, 4) is 16.9 Å². The maximum absolute atomic E-state index is 11.9. The Bertz CT molecular complexity index is 936. The number of imide groups is 1. The van der Waals surface area contributed by atoms with E-state index in [-0.39, 0.29) is 11.7 Å². The lowest BCUT2D eigenvalue weighted by atomic mass is 10.1. The summed E-state index contributed by atoms with van der Waals surface area (Å²) < 4.78 is 2.02. The van der Waals surface area contributed by atoms with E-state index >= 15 is 0 Å². The summed E-state index contributed by atoms with van der Waals surface area (Å²) in [7, 11) is 1.46. The van der Waals surface area contributed by atoms with Crippen LogP contribution in [-0.4, -0.2) is 34.3 Å². The predicted octanol–water partition coefficient (Wildman–Crippen LogP) is 3.40. The molecule has 6 nitrogen and oxygen atoms in total. The average Bonchev–Trinajstić information content (AvgIpc) is 3.11. The molecule has 0 saturated carbocycles. The van der Waals surface area contributed by atoms with Crippen molar-refractivity contribution in [2.45, 2.75) is 12.1 Å². The Morgan fingerprint density at radius 3 is 2.44 bits per heavy atom. The summed E-state index contributed by atoms with van der Waals surface area (Å²) in [5.41, 5.74) is 4.12. The molecule has 0 spiro atoms. The first-order chi connectivity index (χ1) is 13.1. The van der Waals surface area contributed by atoms with Crippen LogP contribution in [0, 0.1) is 6.92 Å². The van der Waals surface area contributed by atoms with Gasteiger partial charge in [0.15, 0.2) is 5.16 Å². The first-order valence-corrected chi connectivity index (χ1v) is 9.41. The van der Waals surface area contributed by atoms with Crippen molar-refractivity contribution < 1.29 is 9.59 Å². The van der Waals surface area contributed by atoms with Crippen LogP contribution in [0.3, 0.4) is 0 Å². The fourth-order valence-corrected chi connectivity index (χ4v) is 3.34. The lowest BCUT2D eigenvalue weighted by Gasteiger charge is -2.12. The number of nitrogens with one attached hydrogen (secondary N) is 2. The number of benzene rings is 2. The molecular weight excluding hydrogens is 360 g/mol. The molecule has 1 aromatic heterocycles. The Kier molecular flexibility index (Phi) is 5.93. The molecule has 27 heavy (non-hydrogen) atoms. The van der Waals surface area contributed by atoms with Crippen molar-refractivity contribution in [3.05, 3.63) is 66.4 Å². The monoisotopic (exact) mass is 380 g/mol. The van der Waals surface area contributed by atoms with Gasteiger partial charge < -0.3 is 5.32 Å². The van der Waals surface area contributed by atoms with Crippen molar-refractivity contribution in [1.82, 2.24) is 20.2 Å². The number of amides is 3. The number of hydrogen-bond donors (Lipinski definition) is 2. The predicted molar refractivity (Wildman–Crippen MR) is 107 cm³/mol. The van der Waals surface area contributed by atoms with Gasteiger partial charge in [0.2, 0.25) is 5.91 Å². The van der Waals surface area contributed by atoms with Crippen LogP contribution < -0.4 is 10.6 Å². The fraction of sp³-hybridized carbons (Fsp3) is 0.150. The van der Waals surface area contributed by atoms with Crippen LogP contribution in [0.1, 0.15) is 5.56 Å². The number of hydrogen-bond acceptors (Lipinski definition) is 4. The summed E-state index contributed by atoms with van der Waals surface area (Å²) in [5, 5.41) is 5.30. The van der Waals surface area contributed by atoms with Gasteiger partial charge in [-0.3, -0.25) is 14.7 Å². The minimum atomic E-state index is -0.521. The van der Waals surface area contributed by atoms with Crippen molar-refractivity contribution >= 4 is 23.7 Å². The van der Waals surface area contributed by atoms with Crippen LogP contribution in [0.15, 0.2) is 66.0 Å². The Hall–Kier alpha value is -3.06. The molecule has 0 aliphatic carbocycles. The van der Waals surface area contributed by atoms with Crippen molar-refractivity contribution in [3.63, 3.8) is 0 Å². The number of para-hydroxylation sites is 1. The smallest absolute Gasteiger partial charge is 0.321 e. The van der Waals surface area contributed by atoms with E-state index in [9.17, 15) is 9.59 Å². The summed E-state index contributed by atoms with van der Waals surface area (Å²) in [6, 6.07) is 17.6. The van der Waals surface area contributed by atoms with Crippen molar-refractivity contribution in [2.75, 3.05) is 12.8 Å². The standard InChI is InChI=1S/C20H20N4O2S/c1-14-8-10-15(11-9-14)17-12-22-20(24(17)16-6-4-3-5-7-16)27-13-18(25)23-19(26)21-2/h3-12H,13H2,1-2H3,(H2,21,23,25,26). The third-order valence-corrected chi connectivity index (χ3v) is 4.86. The van der Waals surface area contributed by atoms with E-state index in [1.54, 1.807) is 6.20 Å². The number of carbonyl (C=O) groups is 2. The molecule has 7 heteroatoms. The third-order valence-electron chi connectivity index (χ3n) is 3.90. The second-order valence-electron chi connectivity index (χ2n) is 5.88. The van der Waals surface area contributed by atoms with Crippen LogP contribution in [0.25, 0.3) is 16.9 Å². The van der Waals surface area contributed by atoms with Gasteiger partial charge >= 0.3 is 6.03 Å². The zero-order chi connectivity index (χ0) is 19.2. The third kappa shape index (κ3) is 4.57. The first-order valence-electron chi connectivity index (χ1n) is 8.43. The van der Waals surface area contributed by atoms with E-state index < -0.39 is 6.03 Å². The number of rotatable bonds is 5. The van der Waals surface area contributed by atoms with Gasteiger partial charge in [0, 0.05) is 18.3 Å². The van der Waals surface area contributed by atoms with Gasteiger partial charge in [-0.2, -0.15) is 0 Å². The highest BCUT2D eigenvalue weighted by molar-refractivity contribution is 7.99. The molecule has 0 fully saturated rings. The molecule has 0 aliphatic rings. The molecule has 0 bridgehead atoms. The van der Waals surface area contributed by atoms with E-state index in [1.807, 2.05) is 41.8 Å². The van der Waals surface area contributed by atoms with E-state index in [0.29, 0.717) is 5.16 Å². The zero-order valence-electron chi connectivity index (χ0n) is 15.1. The molecular formula is C20H20N4O2S. The maximum atomic E-state index is 11.9. The van der Waals surface area contributed by atoms with E-state index in [4.69, 9.17) is 0 Å². The average molecular weight is 380 g/mol.